The Bertz CT molecular complexity index is 1180. The summed E-state index contributed by atoms with van der Waals surface area (Å²) in [7, 11) is 0. The summed E-state index contributed by atoms with van der Waals surface area (Å²) in [5, 5.41) is 15.1. The Morgan fingerprint density at radius 2 is 2.10 bits per heavy atom. The molecule has 0 fully saturated rings. The number of hydrogen-bond donors (Lipinski definition) is 1. The molecule has 0 aliphatic rings. The molecule has 30 heavy (non-hydrogen) atoms. The van der Waals surface area contributed by atoms with Crippen LogP contribution in [0.3, 0.4) is 0 Å². The lowest BCUT2D eigenvalue weighted by Crippen LogP contribution is -2.12. The van der Waals surface area contributed by atoms with Crippen molar-refractivity contribution in [3.05, 3.63) is 59.4 Å². The highest BCUT2D eigenvalue weighted by molar-refractivity contribution is 7.22. The van der Waals surface area contributed by atoms with Crippen molar-refractivity contribution in [2.75, 3.05) is 5.32 Å². The minimum atomic E-state index is -0.234. The first-order valence-electron chi connectivity index (χ1n) is 9.74. The molecule has 0 unspecified atom stereocenters. The minimum absolute atomic E-state index is 0.137. The number of benzene rings is 2. The largest absolute Gasteiger partial charge is 0.486 e. The lowest BCUT2D eigenvalue weighted by Gasteiger charge is -2.10. The Morgan fingerprint density at radius 1 is 1.23 bits per heavy atom. The second kappa shape index (κ2) is 8.58. The van der Waals surface area contributed by atoms with Crippen LogP contribution in [0.4, 0.5) is 5.13 Å². The van der Waals surface area contributed by atoms with Crippen LogP contribution in [0, 0.1) is 0 Å². The Hall–Kier alpha value is -3.33. The molecule has 154 valence electrons. The van der Waals surface area contributed by atoms with Gasteiger partial charge in [0.05, 0.1) is 16.3 Å². The van der Waals surface area contributed by atoms with E-state index < -0.39 is 0 Å². The van der Waals surface area contributed by atoms with E-state index in [1.165, 1.54) is 16.9 Å². The van der Waals surface area contributed by atoms with Crippen molar-refractivity contribution < 1.29 is 9.53 Å². The molecule has 0 radical (unpaired) electrons. The zero-order valence-electron chi connectivity index (χ0n) is 17.0. The minimum Gasteiger partial charge on any atom is -0.486 e. The Morgan fingerprint density at radius 3 is 2.90 bits per heavy atom. The molecular weight excluding hydrogens is 400 g/mol. The number of tetrazole rings is 1. The number of carbonyl (C=O) groups excluding carboxylic acids is 1. The third-order valence-electron chi connectivity index (χ3n) is 4.60. The predicted octanol–water partition coefficient (Wildman–Crippen LogP) is 4.26. The Labute approximate surface area is 177 Å². The second-order valence-corrected chi connectivity index (χ2v) is 8.11. The Balaban J connectivity index is 1.45. The number of fused-ring (bicyclic) bond motifs is 1. The maximum atomic E-state index is 12.7. The summed E-state index contributed by atoms with van der Waals surface area (Å²) < 4.78 is 8.56. The molecule has 4 rings (SSSR count). The van der Waals surface area contributed by atoms with Gasteiger partial charge < -0.3 is 4.74 Å². The normalized spacial score (nSPS) is 11.2. The molecule has 0 spiro atoms. The summed E-state index contributed by atoms with van der Waals surface area (Å²) in [5.74, 6) is 0.959. The highest BCUT2D eigenvalue weighted by Gasteiger charge is 2.13. The molecule has 0 atom stereocenters. The van der Waals surface area contributed by atoms with Crippen LogP contribution in [0.25, 0.3) is 10.2 Å². The third-order valence-corrected chi connectivity index (χ3v) is 5.53. The zero-order valence-corrected chi connectivity index (χ0v) is 17.8. The number of carbonyl (C=O) groups is 1. The van der Waals surface area contributed by atoms with E-state index in [2.05, 4.69) is 44.9 Å². The number of hydrogen-bond acceptors (Lipinski definition) is 7. The molecule has 2 aromatic heterocycles. The summed E-state index contributed by atoms with van der Waals surface area (Å²) in [6.45, 7) is 6.32. The van der Waals surface area contributed by atoms with Crippen molar-refractivity contribution in [2.24, 2.45) is 0 Å². The van der Waals surface area contributed by atoms with Gasteiger partial charge in [0.2, 0.25) is 0 Å². The van der Waals surface area contributed by atoms with Crippen LogP contribution in [-0.2, 0) is 13.0 Å². The van der Waals surface area contributed by atoms with Crippen LogP contribution in [0.1, 0.15) is 48.6 Å². The van der Waals surface area contributed by atoms with Crippen LogP contribution in [0.15, 0.2) is 42.5 Å². The van der Waals surface area contributed by atoms with E-state index in [1.54, 1.807) is 28.9 Å². The number of nitrogens with zero attached hydrogens (tertiary/aromatic N) is 5. The first-order chi connectivity index (χ1) is 14.5. The maximum Gasteiger partial charge on any atom is 0.257 e. The molecule has 9 heteroatoms. The van der Waals surface area contributed by atoms with Crippen molar-refractivity contribution in [3.8, 4) is 5.75 Å². The van der Waals surface area contributed by atoms with E-state index in [1.807, 2.05) is 19.9 Å². The Kier molecular flexibility index (Phi) is 5.71. The number of thiazole rings is 1. The van der Waals surface area contributed by atoms with Crippen molar-refractivity contribution in [2.45, 2.75) is 39.8 Å². The zero-order chi connectivity index (χ0) is 21.1. The lowest BCUT2D eigenvalue weighted by molar-refractivity contribution is 0.102. The van der Waals surface area contributed by atoms with Crippen LogP contribution >= 0.6 is 11.3 Å². The van der Waals surface area contributed by atoms with Crippen LogP contribution in [-0.4, -0.2) is 31.1 Å². The number of amides is 1. The van der Waals surface area contributed by atoms with E-state index in [0.717, 1.165) is 16.6 Å². The summed E-state index contributed by atoms with van der Waals surface area (Å²) in [6.07, 6.45) is 0.964. The fourth-order valence-electron chi connectivity index (χ4n) is 3.00. The van der Waals surface area contributed by atoms with E-state index >= 15 is 0 Å². The van der Waals surface area contributed by atoms with Crippen LogP contribution in [0.2, 0.25) is 0 Å². The van der Waals surface area contributed by atoms with Crippen molar-refractivity contribution >= 4 is 32.6 Å². The number of ether oxygens (including phenoxy) is 1. The van der Waals surface area contributed by atoms with Gasteiger partial charge in [-0.1, -0.05) is 30.4 Å². The molecule has 4 aromatic rings. The van der Waals surface area contributed by atoms with Gasteiger partial charge in [-0.25, -0.2) is 9.67 Å². The number of anilines is 1. The molecule has 0 aliphatic heterocycles. The summed E-state index contributed by atoms with van der Waals surface area (Å²) in [5.41, 5.74) is 2.62. The van der Waals surface area contributed by atoms with Gasteiger partial charge >= 0.3 is 0 Å². The number of aromatic nitrogens is 5. The van der Waals surface area contributed by atoms with E-state index in [4.69, 9.17) is 4.74 Å². The fraction of sp³-hybridized carbons (Fsp3) is 0.286. The SMILES string of the molecule is CCc1ccc2nc(NC(=O)c3cccc(OCc4nnnn4C(C)C)c3)sc2c1. The van der Waals surface area contributed by atoms with Crippen LogP contribution in [0.5, 0.6) is 5.75 Å². The van der Waals surface area contributed by atoms with E-state index in [0.29, 0.717) is 22.3 Å². The summed E-state index contributed by atoms with van der Waals surface area (Å²) in [4.78, 5) is 17.2. The maximum absolute atomic E-state index is 12.7. The van der Waals surface area contributed by atoms with E-state index in [-0.39, 0.29) is 18.6 Å². The topological polar surface area (TPSA) is 94.8 Å². The molecule has 1 N–H and O–H groups in total. The summed E-state index contributed by atoms with van der Waals surface area (Å²) >= 11 is 1.47. The molecule has 8 nitrogen and oxygen atoms in total. The third kappa shape index (κ3) is 4.30. The van der Waals surface area contributed by atoms with Gasteiger partial charge in [0.1, 0.15) is 12.4 Å². The van der Waals surface area contributed by atoms with Crippen molar-refractivity contribution in [3.63, 3.8) is 0 Å². The average molecular weight is 423 g/mol. The highest BCUT2D eigenvalue weighted by atomic mass is 32.1. The molecule has 0 saturated heterocycles. The number of rotatable bonds is 7. The number of aryl methyl sites for hydroxylation is 1. The van der Waals surface area contributed by atoms with Gasteiger partial charge in [0.15, 0.2) is 11.0 Å². The second-order valence-electron chi connectivity index (χ2n) is 7.08. The molecule has 0 aliphatic carbocycles. The quantitative estimate of drug-likeness (QED) is 0.478. The monoisotopic (exact) mass is 422 g/mol. The van der Waals surface area contributed by atoms with Gasteiger partial charge in [-0.2, -0.15) is 0 Å². The molecule has 0 saturated carbocycles. The molecular formula is C21H22N6O2S. The average Bonchev–Trinajstić information content (AvgIpc) is 3.38. The molecule has 0 bridgehead atoms. The van der Waals surface area contributed by atoms with Gasteiger partial charge in [-0.05, 0) is 66.6 Å². The van der Waals surface area contributed by atoms with Gasteiger partial charge in [0.25, 0.3) is 5.91 Å². The highest BCUT2D eigenvalue weighted by Crippen LogP contribution is 2.27. The molecule has 2 heterocycles. The van der Waals surface area contributed by atoms with Crippen molar-refractivity contribution in [1.29, 1.82) is 0 Å². The van der Waals surface area contributed by atoms with Crippen LogP contribution < -0.4 is 10.1 Å². The first-order valence-corrected chi connectivity index (χ1v) is 10.6. The standard InChI is InChI=1S/C21H22N6O2S/c1-4-14-8-9-17-18(10-14)30-21(22-17)23-20(28)15-6-5-7-16(11-15)29-12-19-24-25-26-27(19)13(2)3/h5-11,13H,4,12H2,1-3H3,(H,22,23,28). The fourth-order valence-corrected chi connectivity index (χ4v) is 3.92. The van der Waals surface area contributed by atoms with Gasteiger partial charge in [-0.15, -0.1) is 5.10 Å². The number of nitrogens with one attached hydrogen (secondary N) is 1. The lowest BCUT2D eigenvalue weighted by atomic mass is 10.2. The smallest absolute Gasteiger partial charge is 0.257 e. The predicted molar refractivity (Wildman–Crippen MR) is 116 cm³/mol. The molecule has 2 aromatic carbocycles. The first kappa shape index (κ1) is 20.0. The molecule has 1 amide bonds. The van der Waals surface area contributed by atoms with E-state index in [9.17, 15) is 4.79 Å². The van der Waals surface area contributed by atoms with Gasteiger partial charge in [0, 0.05) is 5.56 Å². The van der Waals surface area contributed by atoms with Gasteiger partial charge in [-0.3, -0.25) is 10.1 Å². The summed E-state index contributed by atoms with van der Waals surface area (Å²) in [6, 6.07) is 13.3. The van der Waals surface area contributed by atoms with Crippen molar-refractivity contribution in [1.82, 2.24) is 25.2 Å².